The number of H-pyrrole nitrogens is 1. The average Bonchev–Trinajstić information content (AvgIpc) is 2.61. The van der Waals surface area contributed by atoms with Crippen molar-refractivity contribution in [2.75, 3.05) is 13.1 Å². The van der Waals surface area contributed by atoms with Gasteiger partial charge < -0.3 is 4.98 Å². The fraction of sp³-hybridized carbons (Fsp3) is 0.526. The van der Waals surface area contributed by atoms with E-state index in [0.717, 1.165) is 31.6 Å². The molecule has 0 unspecified atom stereocenters. The highest BCUT2D eigenvalue weighted by Crippen LogP contribution is 2.20. The van der Waals surface area contributed by atoms with Crippen LogP contribution in [0.4, 0.5) is 0 Å². The number of piperidine rings is 1. The Morgan fingerprint density at radius 2 is 2.12 bits per heavy atom. The predicted molar refractivity (Wildman–Crippen MR) is 97.8 cm³/mol. The minimum atomic E-state index is -0.313. The van der Waals surface area contributed by atoms with E-state index >= 15 is 0 Å². The van der Waals surface area contributed by atoms with Gasteiger partial charge in [-0.3, -0.25) is 19.2 Å². The molecule has 1 N–H and O–H groups in total. The molecule has 2 aromatic rings. The second-order valence-corrected chi connectivity index (χ2v) is 6.79. The molecule has 0 bridgehead atoms. The van der Waals surface area contributed by atoms with Gasteiger partial charge in [-0.1, -0.05) is 12.5 Å². The first kappa shape index (κ1) is 17.6. The summed E-state index contributed by atoms with van der Waals surface area (Å²) in [6.45, 7) is 3.93. The lowest BCUT2D eigenvalue weighted by molar-refractivity contribution is 0.134. The topological polar surface area (TPSA) is 71.0 Å². The number of hydrogen-bond acceptors (Lipinski definition) is 4. The van der Waals surface area contributed by atoms with Crippen molar-refractivity contribution in [2.24, 2.45) is 0 Å². The number of pyridine rings is 1. The van der Waals surface area contributed by atoms with Crippen LogP contribution in [0.3, 0.4) is 0 Å². The van der Waals surface area contributed by atoms with Crippen molar-refractivity contribution >= 4 is 0 Å². The predicted octanol–water partition coefficient (Wildman–Crippen LogP) is 1.73. The zero-order chi connectivity index (χ0) is 17.6. The summed E-state index contributed by atoms with van der Waals surface area (Å²) >= 11 is 0. The van der Waals surface area contributed by atoms with E-state index in [1.54, 1.807) is 6.92 Å². The molecule has 1 aliphatic heterocycles. The van der Waals surface area contributed by atoms with Crippen molar-refractivity contribution in [1.82, 2.24) is 19.4 Å². The molecule has 0 spiro atoms. The smallest absolute Gasteiger partial charge is 0.311 e. The van der Waals surface area contributed by atoms with Gasteiger partial charge in [0.25, 0.3) is 5.56 Å². The van der Waals surface area contributed by atoms with E-state index in [1.807, 2.05) is 18.3 Å². The lowest BCUT2D eigenvalue weighted by Gasteiger charge is -2.35. The number of hydrogen-bond donors (Lipinski definition) is 1. The number of nitrogens with zero attached hydrogens (tertiary/aromatic N) is 3. The molecule has 0 radical (unpaired) electrons. The Bertz CT molecular complexity index is 766. The van der Waals surface area contributed by atoms with E-state index in [0.29, 0.717) is 18.3 Å². The standard InChI is InChI=1S/C19H26N4O2/c1-15-14-18(24)23(19(25)21-15)13-12-22-11-5-3-7-17(22)9-8-16-6-2-4-10-20-16/h2,4,6,10,14,17H,3,5,7-9,11-13H2,1H3,(H,21,25)/t17-/m0/s1. The summed E-state index contributed by atoms with van der Waals surface area (Å²) in [5.74, 6) is 0. The monoisotopic (exact) mass is 342 g/mol. The van der Waals surface area contributed by atoms with Crippen LogP contribution in [0, 0.1) is 6.92 Å². The molecule has 134 valence electrons. The fourth-order valence-electron chi connectivity index (χ4n) is 3.62. The SMILES string of the molecule is Cc1cc(=O)n(CCN2CCCC[C@H]2CCc2ccccn2)c(=O)[nH]1. The highest BCUT2D eigenvalue weighted by Gasteiger charge is 2.22. The van der Waals surface area contributed by atoms with E-state index in [4.69, 9.17) is 0 Å². The van der Waals surface area contributed by atoms with Gasteiger partial charge in [-0.05, 0) is 51.3 Å². The van der Waals surface area contributed by atoms with Gasteiger partial charge in [0.15, 0.2) is 0 Å². The maximum atomic E-state index is 12.0. The van der Waals surface area contributed by atoms with Gasteiger partial charge in [0, 0.05) is 42.8 Å². The number of aromatic amines is 1. The van der Waals surface area contributed by atoms with Crippen LogP contribution >= 0.6 is 0 Å². The second kappa shape index (κ2) is 8.25. The van der Waals surface area contributed by atoms with Crippen molar-refractivity contribution in [3.05, 3.63) is 62.7 Å². The Morgan fingerprint density at radius 3 is 2.88 bits per heavy atom. The fourth-order valence-corrected chi connectivity index (χ4v) is 3.62. The highest BCUT2D eigenvalue weighted by atomic mass is 16.2. The van der Waals surface area contributed by atoms with E-state index in [2.05, 4.69) is 20.9 Å². The van der Waals surface area contributed by atoms with Crippen molar-refractivity contribution < 1.29 is 0 Å². The molecule has 25 heavy (non-hydrogen) atoms. The first-order chi connectivity index (χ1) is 12.1. The summed E-state index contributed by atoms with van der Waals surface area (Å²) < 4.78 is 1.30. The number of aryl methyl sites for hydroxylation is 2. The summed E-state index contributed by atoms with van der Waals surface area (Å²) in [4.78, 5) is 33.6. The van der Waals surface area contributed by atoms with Gasteiger partial charge in [-0.2, -0.15) is 0 Å². The van der Waals surface area contributed by atoms with Crippen molar-refractivity contribution in [3.63, 3.8) is 0 Å². The molecule has 0 saturated carbocycles. The van der Waals surface area contributed by atoms with Gasteiger partial charge in [0.1, 0.15) is 0 Å². The normalized spacial score (nSPS) is 18.4. The Kier molecular flexibility index (Phi) is 5.81. The number of aromatic nitrogens is 3. The van der Waals surface area contributed by atoms with Crippen molar-refractivity contribution in [1.29, 1.82) is 0 Å². The molecule has 1 aliphatic rings. The third-order valence-electron chi connectivity index (χ3n) is 4.98. The molecule has 3 rings (SSSR count). The second-order valence-electron chi connectivity index (χ2n) is 6.79. The van der Waals surface area contributed by atoms with Gasteiger partial charge in [-0.25, -0.2) is 4.79 Å². The Morgan fingerprint density at radius 1 is 1.24 bits per heavy atom. The van der Waals surface area contributed by atoms with Crippen molar-refractivity contribution in [3.8, 4) is 0 Å². The lowest BCUT2D eigenvalue weighted by Crippen LogP contribution is -2.44. The minimum Gasteiger partial charge on any atom is -0.311 e. The average molecular weight is 342 g/mol. The third-order valence-corrected chi connectivity index (χ3v) is 4.98. The van der Waals surface area contributed by atoms with E-state index in [-0.39, 0.29) is 11.2 Å². The molecule has 2 aromatic heterocycles. The summed E-state index contributed by atoms with van der Waals surface area (Å²) in [5.41, 5.74) is 1.20. The summed E-state index contributed by atoms with van der Waals surface area (Å²) in [7, 11) is 0. The van der Waals surface area contributed by atoms with Gasteiger partial charge in [0.05, 0.1) is 0 Å². The summed E-state index contributed by atoms with van der Waals surface area (Å²) in [6, 6.07) is 8.01. The zero-order valence-electron chi connectivity index (χ0n) is 14.8. The first-order valence-electron chi connectivity index (χ1n) is 9.08. The van der Waals surface area contributed by atoms with Crippen LogP contribution in [-0.4, -0.2) is 38.6 Å². The number of nitrogens with one attached hydrogen (secondary N) is 1. The van der Waals surface area contributed by atoms with Crippen LogP contribution in [-0.2, 0) is 13.0 Å². The molecular formula is C19H26N4O2. The molecule has 1 saturated heterocycles. The highest BCUT2D eigenvalue weighted by molar-refractivity contribution is 5.04. The van der Waals surface area contributed by atoms with Crippen molar-refractivity contribution in [2.45, 2.75) is 51.6 Å². The largest absolute Gasteiger partial charge is 0.328 e. The first-order valence-corrected chi connectivity index (χ1v) is 9.08. The summed E-state index contributed by atoms with van der Waals surface area (Å²) in [5, 5.41) is 0. The van der Waals surface area contributed by atoms with Crippen LogP contribution in [0.15, 0.2) is 40.1 Å². The molecule has 1 atom stereocenters. The van der Waals surface area contributed by atoms with E-state index < -0.39 is 0 Å². The minimum absolute atomic E-state index is 0.219. The molecule has 1 fully saturated rings. The number of rotatable bonds is 6. The molecule has 0 aromatic carbocycles. The van der Waals surface area contributed by atoms with Gasteiger partial charge in [0.2, 0.25) is 0 Å². The molecule has 6 nitrogen and oxygen atoms in total. The van der Waals surface area contributed by atoms with Gasteiger partial charge >= 0.3 is 5.69 Å². The zero-order valence-corrected chi connectivity index (χ0v) is 14.8. The molecule has 0 aliphatic carbocycles. The third kappa shape index (κ3) is 4.66. The maximum Gasteiger partial charge on any atom is 0.328 e. The Balaban J connectivity index is 1.62. The van der Waals surface area contributed by atoms with Crippen LogP contribution in [0.5, 0.6) is 0 Å². The van der Waals surface area contributed by atoms with Crippen LogP contribution < -0.4 is 11.2 Å². The lowest BCUT2D eigenvalue weighted by atomic mass is 9.97. The number of likely N-dealkylation sites (tertiary alicyclic amines) is 1. The quantitative estimate of drug-likeness (QED) is 0.868. The van der Waals surface area contributed by atoms with E-state index in [9.17, 15) is 9.59 Å². The van der Waals surface area contributed by atoms with Crippen LogP contribution in [0.25, 0.3) is 0 Å². The van der Waals surface area contributed by atoms with Crippen LogP contribution in [0.2, 0.25) is 0 Å². The molecule has 0 amide bonds. The van der Waals surface area contributed by atoms with Gasteiger partial charge in [-0.15, -0.1) is 0 Å². The molecular weight excluding hydrogens is 316 g/mol. The Labute approximate surface area is 147 Å². The Hall–Kier alpha value is -2.21. The maximum absolute atomic E-state index is 12.0. The summed E-state index contributed by atoms with van der Waals surface area (Å²) in [6.07, 6.45) is 7.47. The van der Waals surface area contributed by atoms with Crippen LogP contribution in [0.1, 0.15) is 37.1 Å². The van der Waals surface area contributed by atoms with E-state index in [1.165, 1.54) is 29.9 Å². The molecule has 3 heterocycles. The molecule has 6 heteroatoms.